The zero-order valence-electron chi connectivity index (χ0n) is 17.0. The minimum atomic E-state index is -4.46. The van der Waals surface area contributed by atoms with E-state index in [1.807, 2.05) is 4.90 Å². The summed E-state index contributed by atoms with van der Waals surface area (Å²) < 4.78 is 38.5. The fourth-order valence-electron chi connectivity index (χ4n) is 3.22. The van der Waals surface area contributed by atoms with Crippen molar-refractivity contribution in [3.05, 3.63) is 52.7 Å². The number of carbonyl (C=O) groups is 2. The van der Waals surface area contributed by atoms with Crippen LogP contribution < -0.4 is 15.5 Å². The highest BCUT2D eigenvalue weighted by Crippen LogP contribution is 2.36. The molecule has 1 aromatic carbocycles. The fraction of sp³-hybridized carbons (Fsp3) is 0.381. The average Bonchev–Trinajstić information content (AvgIpc) is 3.15. The first-order chi connectivity index (χ1) is 14.5. The number of carbonyl (C=O) groups excluding carboxylic acids is 2. The molecule has 0 radical (unpaired) electrons. The van der Waals surface area contributed by atoms with Crippen LogP contribution in [0.3, 0.4) is 0 Å². The van der Waals surface area contributed by atoms with Gasteiger partial charge in [-0.3, -0.25) is 9.59 Å². The number of alkyl halides is 3. The molecule has 2 N–H and O–H groups in total. The van der Waals surface area contributed by atoms with E-state index >= 15 is 0 Å². The van der Waals surface area contributed by atoms with E-state index in [-0.39, 0.29) is 34.6 Å². The Morgan fingerprint density at radius 1 is 1.23 bits per heavy atom. The van der Waals surface area contributed by atoms with Gasteiger partial charge < -0.3 is 15.5 Å². The number of amides is 2. The Morgan fingerprint density at radius 2 is 1.97 bits per heavy atom. The third-order valence-corrected chi connectivity index (χ3v) is 5.24. The second-order valence-electron chi connectivity index (χ2n) is 7.64. The van der Waals surface area contributed by atoms with E-state index in [1.165, 1.54) is 18.3 Å². The minimum Gasteiger partial charge on any atom is -0.368 e. The first-order valence-electron chi connectivity index (χ1n) is 9.74. The zero-order valence-corrected chi connectivity index (χ0v) is 17.7. The Kier molecular flexibility index (Phi) is 6.74. The van der Waals surface area contributed by atoms with Crippen LogP contribution in [0.15, 0.2) is 36.5 Å². The second-order valence-corrected chi connectivity index (χ2v) is 8.05. The van der Waals surface area contributed by atoms with Crippen LogP contribution in [0.25, 0.3) is 0 Å². The molecule has 2 amide bonds. The van der Waals surface area contributed by atoms with E-state index < -0.39 is 11.7 Å². The number of benzene rings is 1. The highest BCUT2D eigenvalue weighted by atomic mass is 35.5. The number of anilines is 2. The molecule has 2 heterocycles. The number of aromatic nitrogens is 1. The quantitative estimate of drug-likeness (QED) is 0.704. The molecule has 31 heavy (non-hydrogen) atoms. The molecule has 1 fully saturated rings. The van der Waals surface area contributed by atoms with Crippen LogP contribution in [0.1, 0.15) is 36.2 Å². The maximum Gasteiger partial charge on any atom is 0.416 e. The molecule has 10 heteroatoms. The topological polar surface area (TPSA) is 74.3 Å². The van der Waals surface area contributed by atoms with E-state index in [0.717, 1.165) is 12.1 Å². The zero-order chi connectivity index (χ0) is 22.8. The summed E-state index contributed by atoms with van der Waals surface area (Å²) in [6.07, 6.45) is -2.40. The Bertz CT molecular complexity index is 981. The van der Waals surface area contributed by atoms with Crippen LogP contribution in [-0.4, -0.2) is 35.9 Å². The molecule has 0 aliphatic carbocycles. The van der Waals surface area contributed by atoms with Crippen LogP contribution >= 0.6 is 11.6 Å². The van der Waals surface area contributed by atoms with Crippen LogP contribution in [0, 0.1) is 5.92 Å². The summed E-state index contributed by atoms with van der Waals surface area (Å²) in [4.78, 5) is 30.3. The lowest BCUT2D eigenvalue weighted by molar-refractivity contribution is -0.137. The van der Waals surface area contributed by atoms with Gasteiger partial charge in [-0.25, -0.2) is 4.98 Å². The predicted molar refractivity (Wildman–Crippen MR) is 112 cm³/mol. The number of halogens is 4. The van der Waals surface area contributed by atoms with E-state index in [2.05, 4.69) is 15.6 Å². The summed E-state index contributed by atoms with van der Waals surface area (Å²) in [5.41, 5.74) is 0.0393. The summed E-state index contributed by atoms with van der Waals surface area (Å²) in [7, 11) is 0. The van der Waals surface area contributed by atoms with Gasteiger partial charge in [-0.1, -0.05) is 25.4 Å². The van der Waals surface area contributed by atoms with Gasteiger partial charge >= 0.3 is 6.18 Å². The summed E-state index contributed by atoms with van der Waals surface area (Å²) in [5, 5.41) is 5.57. The van der Waals surface area contributed by atoms with Crippen molar-refractivity contribution >= 4 is 34.9 Å². The molecule has 1 aliphatic rings. The first kappa shape index (κ1) is 22.9. The van der Waals surface area contributed by atoms with Gasteiger partial charge in [0.05, 0.1) is 16.3 Å². The maximum absolute atomic E-state index is 12.8. The van der Waals surface area contributed by atoms with Crippen LogP contribution in [0.5, 0.6) is 0 Å². The average molecular weight is 455 g/mol. The van der Waals surface area contributed by atoms with Crippen LogP contribution in [0.4, 0.5) is 24.7 Å². The molecule has 1 unspecified atom stereocenters. The lowest BCUT2D eigenvalue weighted by atomic mass is 10.2. The number of pyridine rings is 1. The fourth-order valence-corrected chi connectivity index (χ4v) is 3.52. The standard InChI is InChI=1S/C21H22ClF3N4O2/c1-12(2)19(30)28-18-9-13(5-7-26-18)20(31)27-15-6-8-29(11-15)17-4-3-14(10-16(17)22)21(23,24)25/h3-5,7,9-10,12,15H,6,8,11H2,1-2H3,(H,27,31)(H,26,28,30). The van der Waals surface area contributed by atoms with Gasteiger partial charge in [0.2, 0.25) is 5.91 Å². The molecule has 1 atom stereocenters. The molecule has 1 aliphatic heterocycles. The van der Waals surface area contributed by atoms with Gasteiger partial charge in [-0.15, -0.1) is 0 Å². The molecule has 6 nitrogen and oxygen atoms in total. The summed E-state index contributed by atoms with van der Waals surface area (Å²) in [6, 6.07) is 6.09. The molecule has 1 saturated heterocycles. The number of nitrogens with one attached hydrogen (secondary N) is 2. The van der Waals surface area contributed by atoms with Gasteiger partial charge in [0.25, 0.3) is 5.91 Å². The largest absolute Gasteiger partial charge is 0.416 e. The predicted octanol–water partition coefficient (Wildman–Crippen LogP) is 4.36. The summed E-state index contributed by atoms with van der Waals surface area (Å²) in [6.45, 7) is 4.46. The van der Waals surface area contributed by atoms with Crippen molar-refractivity contribution < 1.29 is 22.8 Å². The lowest BCUT2D eigenvalue weighted by Gasteiger charge is -2.21. The first-order valence-corrected chi connectivity index (χ1v) is 10.1. The van der Waals surface area contributed by atoms with Crippen molar-refractivity contribution in [1.29, 1.82) is 0 Å². The third kappa shape index (κ3) is 5.66. The molecule has 3 rings (SSSR count). The Balaban J connectivity index is 1.63. The van der Waals surface area contributed by atoms with Crippen molar-refractivity contribution in [2.24, 2.45) is 5.92 Å². The molecular formula is C21H22ClF3N4O2. The van der Waals surface area contributed by atoms with Crippen molar-refractivity contribution in [3.63, 3.8) is 0 Å². The van der Waals surface area contributed by atoms with Gasteiger partial charge in [0.1, 0.15) is 5.82 Å². The summed E-state index contributed by atoms with van der Waals surface area (Å²) >= 11 is 6.08. The van der Waals surface area contributed by atoms with Gasteiger partial charge in [0.15, 0.2) is 0 Å². The lowest BCUT2D eigenvalue weighted by Crippen LogP contribution is -2.37. The van der Waals surface area contributed by atoms with Crippen LogP contribution in [-0.2, 0) is 11.0 Å². The monoisotopic (exact) mass is 454 g/mol. The second kappa shape index (κ2) is 9.13. The van der Waals surface area contributed by atoms with Crippen LogP contribution in [0.2, 0.25) is 5.02 Å². The minimum absolute atomic E-state index is 0.0153. The maximum atomic E-state index is 12.8. The normalized spacial score (nSPS) is 16.5. The van der Waals surface area contributed by atoms with Gasteiger partial charge in [0, 0.05) is 36.8 Å². The van der Waals surface area contributed by atoms with Crippen molar-refractivity contribution in [1.82, 2.24) is 10.3 Å². The van der Waals surface area contributed by atoms with Crippen molar-refractivity contribution in [3.8, 4) is 0 Å². The molecule has 0 bridgehead atoms. The van der Waals surface area contributed by atoms with E-state index in [4.69, 9.17) is 11.6 Å². The Morgan fingerprint density at radius 3 is 2.61 bits per heavy atom. The van der Waals surface area contributed by atoms with Crippen molar-refractivity contribution in [2.45, 2.75) is 32.5 Å². The molecule has 0 spiro atoms. The van der Waals surface area contributed by atoms with Crippen molar-refractivity contribution in [2.75, 3.05) is 23.3 Å². The SMILES string of the molecule is CC(C)C(=O)Nc1cc(C(=O)NC2CCN(c3ccc(C(F)(F)F)cc3Cl)C2)ccn1. The van der Waals surface area contributed by atoms with E-state index in [9.17, 15) is 22.8 Å². The Labute approximate surface area is 182 Å². The van der Waals surface area contributed by atoms with Gasteiger partial charge in [-0.2, -0.15) is 13.2 Å². The smallest absolute Gasteiger partial charge is 0.368 e. The number of hydrogen-bond donors (Lipinski definition) is 2. The number of nitrogens with zero attached hydrogens (tertiary/aromatic N) is 2. The number of hydrogen-bond acceptors (Lipinski definition) is 4. The highest BCUT2D eigenvalue weighted by Gasteiger charge is 2.32. The van der Waals surface area contributed by atoms with E-state index in [1.54, 1.807) is 19.9 Å². The number of rotatable bonds is 5. The molecular weight excluding hydrogens is 433 g/mol. The third-order valence-electron chi connectivity index (χ3n) is 4.94. The Hall–Kier alpha value is -2.81. The van der Waals surface area contributed by atoms with Gasteiger partial charge in [-0.05, 0) is 36.8 Å². The highest BCUT2D eigenvalue weighted by molar-refractivity contribution is 6.33. The van der Waals surface area contributed by atoms with E-state index in [0.29, 0.717) is 30.8 Å². The molecule has 166 valence electrons. The molecule has 1 aromatic heterocycles. The summed E-state index contributed by atoms with van der Waals surface area (Å²) in [5.74, 6) is -0.463. The molecule has 2 aromatic rings. The molecule has 0 saturated carbocycles.